The first-order chi connectivity index (χ1) is 7.81. The summed E-state index contributed by atoms with van der Waals surface area (Å²) in [6, 6.07) is 5.09. The molecule has 0 unspecified atom stereocenters. The molecule has 0 aliphatic carbocycles. The van der Waals surface area contributed by atoms with Crippen molar-refractivity contribution in [3.05, 3.63) is 29.6 Å². The lowest BCUT2D eigenvalue weighted by Crippen LogP contribution is -2.40. The van der Waals surface area contributed by atoms with Crippen molar-refractivity contribution in [2.45, 2.75) is 0 Å². The quantitative estimate of drug-likeness (QED) is 0.684. The summed E-state index contributed by atoms with van der Waals surface area (Å²) in [5.41, 5.74) is 0.833. The molecule has 5 nitrogen and oxygen atoms in total. The first-order valence-corrected chi connectivity index (χ1v) is 5.04. The van der Waals surface area contributed by atoms with Crippen molar-refractivity contribution in [3.8, 4) is 6.07 Å². The van der Waals surface area contributed by atoms with E-state index >= 15 is 0 Å². The van der Waals surface area contributed by atoms with Gasteiger partial charge in [-0.15, -0.1) is 0 Å². The standard InChI is InChI=1S/C11H11N3O2/c12-7-10-2-1-9(8-13-10)11(15)14-3-5-16-6-4-14/h1-2,8H,3-6H2. The van der Waals surface area contributed by atoms with Crippen molar-refractivity contribution in [2.24, 2.45) is 0 Å². The van der Waals surface area contributed by atoms with E-state index in [1.807, 2.05) is 6.07 Å². The van der Waals surface area contributed by atoms with E-state index in [1.54, 1.807) is 17.0 Å². The van der Waals surface area contributed by atoms with Gasteiger partial charge in [-0.1, -0.05) is 0 Å². The Bertz CT molecular complexity index is 416. The number of pyridine rings is 1. The van der Waals surface area contributed by atoms with Crippen LogP contribution in [0.3, 0.4) is 0 Å². The van der Waals surface area contributed by atoms with Crippen LogP contribution in [-0.4, -0.2) is 42.1 Å². The number of ether oxygens (including phenoxy) is 1. The summed E-state index contributed by atoms with van der Waals surface area (Å²) in [5.74, 6) is -0.0553. The van der Waals surface area contributed by atoms with Gasteiger partial charge in [0.15, 0.2) is 0 Å². The topological polar surface area (TPSA) is 66.2 Å². The number of nitriles is 1. The molecule has 1 fully saturated rings. The van der Waals surface area contributed by atoms with E-state index in [4.69, 9.17) is 10.00 Å². The summed E-state index contributed by atoms with van der Waals surface area (Å²) < 4.78 is 5.17. The highest BCUT2D eigenvalue weighted by Crippen LogP contribution is 2.06. The normalized spacial score (nSPS) is 15.6. The molecular weight excluding hydrogens is 206 g/mol. The lowest BCUT2D eigenvalue weighted by atomic mass is 10.2. The van der Waals surface area contributed by atoms with E-state index in [9.17, 15) is 4.79 Å². The van der Waals surface area contributed by atoms with Crippen LogP contribution in [0, 0.1) is 11.3 Å². The first-order valence-electron chi connectivity index (χ1n) is 5.04. The smallest absolute Gasteiger partial charge is 0.255 e. The highest BCUT2D eigenvalue weighted by atomic mass is 16.5. The van der Waals surface area contributed by atoms with Crippen molar-refractivity contribution in [3.63, 3.8) is 0 Å². The van der Waals surface area contributed by atoms with Crippen LogP contribution >= 0.6 is 0 Å². The van der Waals surface area contributed by atoms with E-state index in [-0.39, 0.29) is 5.91 Å². The molecule has 0 aromatic carbocycles. The molecule has 1 aromatic heterocycles. The third-order valence-electron chi connectivity index (χ3n) is 2.42. The molecule has 2 heterocycles. The van der Waals surface area contributed by atoms with E-state index in [0.717, 1.165) is 0 Å². The Morgan fingerprint density at radius 1 is 1.44 bits per heavy atom. The Labute approximate surface area is 93.3 Å². The van der Waals surface area contributed by atoms with Crippen molar-refractivity contribution in [1.82, 2.24) is 9.88 Å². The monoisotopic (exact) mass is 217 g/mol. The molecule has 1 amide bonds. The first kappa shape index (κ1) is 10.6. The summed E-state index contributed by atoms with van der Waals surface area (Å²) >= 11 is 0. The van der Waals surface area contributed by atoms with Crippen LogP contribution in [0.1, 0.15) is 16.1 Å². The summed E-state index contributed by atoms with van der Waals surface area (Å²) in [5, 5.41) is 8.59. The Balaban J connectivity index is 2.11. The molecule has 0 saturated carbocycles. The second kappa shape index (κ2) is 4.73. The zero-order valence-corrected chi connectivity index (χ0v) is 8.72. The van der Waals surface area contributed by atoms with Crippen LogP contribution in [0.5, 0.6) is 0 Å². The average Bonchev–Trinajstić information content (AvgIpc) is 2.39. The lowest BCUT2D eigenvalue weighted by molar-refractivity contribution is 0.0302. The van der Waals surface area contributed by atoms with E-state index in [0.29, 0.717) is 37.6 Å². The highest BCUT2D eigenvalue weighted by Gasteiger charge is 2.18. The van der Waals surface area contributed by atoms with Crippen LogP contribution in [0.15, 0.2) is 18.3 Å². The van der Waals surface area contributed by atoms with Crippen LogP contribution < -0.4 is 0 Å². The zero-order chi connectivity index (χ0) is 11.4. The summed E-state index contributed by atoms with van der Waals surface area (Å²) in [6.07, 6.45) is 1.44. The van der Waals surface area contributed by atoms with Gasteiger partial charge in [-0.2, -0.15) is 5.26 Å². The van der Waals surface area contributed by atoms with Crippen LogP contribution in [0.25, 0.3) is 0 Å². The fraction of sp³-hybridized carbons (Fsp3) is 0.364. The Kier molecular flexibility index (Phi) is 3.13. The van der Waals surface area contributed by atoms with Crippen LogP contribution in [-0.2, 0) is 4.74 Å². The van der Waals surface area contributed by atoms with Crippen molar-refractivity contribution < 1.29 is 9.53 Å². The number of morpholine rings is 1. The molecule has 1 aliphatic heterocycles. The SMILES string of the molecule is N#Cc1ccc(C(=O)N2CCOCC2)cn1. The molecule has 16 heavy (non-hydrogen) atoms. The maximum atomic E-state index is 11.9. The van der Waals surface area contributed by atoms with Crippen molar-refractivity contribution in [2.75, 3.05) is 26.3 Å². The van der Waals surface area contributed by atoms with Crippen molar-refractivity contribution in [1.29, 1.82) is 5.26 Å². The van der Waals surface area contributed by atoms with Gasteiger partial charge < -0.3 is 9.64 Å². The van der Waals surface area contributed by atoms with E-state index in [2.05, 4.69) is 4.98 Å². The van der Waals surface area contributed by atoms with Gasteiger partial charge in [-0.3, -0.25) is 4.79 Å². The third kappa shape index (κ3) is 2.18. The maximum absolute atomic E-state index is 11.9. The number of nitrogens with zero attached hydrogens (tertiary/aromatic N) is 3. The van der Waals surface area contributed by atoms with E-state index < -0.39 is 0 Å². The second-order valence-electron chi connectivity index (χ2n) is 3.45. The number of hydrogen-bond acceptors (Lipinski definition) is 4. The fourth-order valence-corrected chi connectivity index (χ4v) is 1.54. The summed E-state index contributed by atoms with van der Waals surface area (Å²) in [7, 11) is 0. The van der Waals surface area contributed by atoms with Gasteiger partial charge in [0, 0.05) is 19.3 Å². The fourth-order valence-electron chi connectivity index (χ4n) is 1.54. The lowest BCUT2D eigenvalue weighted by Gasteiger charge is -2.26. The van der Waals surface area contributed by atoms with Gasteiger partial charge in [0.05, 0.1) is 18.8 Å². The molecule has 0 radical (unpaired) electrons. The summed E-state index contributed by atoms with van der Waals surface area (Å²) in [4.78, 5) is 17.5. The number of aromatic nitrogens is 1. The van der Waals surface area contributed by atoms with Crippen molar-refractivity contribution >= 4 is 5.91 Å². The second-order valence-corrected chi connectivity index (χ2v) is 3.45. The number of rotatable bonds is 1. The average molecular weight is 217 g/mol. The Hall–Kier alpha value is -1.93. The molecule has 0 spiro atoms. The van der Waals surface area contributed by atoms with Gasteiger partial charge >= 0.3 is 0 Å². The van der Waals surface area contributed by atoms with Gasteiger partial charge in [-0.05, 0) is 12.1 Å². The molecule has 0 atom stereocenters. The number of carbonyl (C=O) groups is 1. The molecule has 2 rings (SSSR count). The largest absolute Gasteiger partial charge is 0.378 e. The predicted octanol–water partition coefficient (Wildman–Crippen LogP) is 0.426. The molecule has 1 aliphatic rings. The molecule has 0 bridgehead atoms. The van der Waals surface area contributed by atoms with Gasteiger partial charge in [-0.25, -0.2) is 4.98 Å². The maximum Gasteiger partial charge on any atom is 0.255 e. The van der Waals surface area contributed by atoms with Gasteiger partial charge in [0.1, 0.15) is 11.8 Å². The van der Waals surface area contributed by atoms with E-state index in [1.165, 1.54) is 6.20 Å². The summed E-state index contributed by atoms with van der Waals surface area (Å²) in [6.45, 7) is 2.38. The number of carbonyl (C=O) groups excluding carboxylic acids is 1. The third-order valence-corrected chi connectivity index (χ3v) is 2.42. The highest BCUT2D eigenvalue weighted by molar-refractivity contribution is 5.94. The Morgan fingerprint density at radius 2 is 2.19 bits per heavy atom. The molecular formula is C11H11N3O2. The predicted molar refractivity (Wildman–Crippen MR) is 55.7 cm³/mol. The number of amides is 1. The molecule has 1 aromatic rings. The zero-order valence-electron chi connectivity index (χ0n) is 8.72. The molecule has 82 valence electrons. The van der Waals surface area contributed by atoms with Crippen LogP contribution in [0.4, 0.5) is 0 Å². The van der Waals surface area contributed by atoms with Gasteiger partial charge in [0.2, 0.25) is 0 Å². The van der Waals surface area contributed by atoms with Gasteiger partial charge in [0.25, 0.3) is 5.91 Å². The number of hydrogen-bond donors (Lipinski definition) is 0. The molecule has 0 N–H and O–H groups in total. The molecule has 1 saturated heterocycles. The molecule has 5 heteroatoms. The minimum absolute atomic E-state index is 0.0553. The Morgan fingerprint density at radius 3 is 2.75 bits per heavy atom. The minimum Gasteiger partial charge on any atom is -0.378 e. The minimum atomic E-state index is -0.0553. The van der Waals surface area contributed by atoms with Crippen LogP contribution in [0.2, 0.25) is 0 Å².